The van der Waals surface area contributed by atoms with Crippen LogP contribution in [0.4, 0.5) is 11.4 Å². The molecule has 0 fully saturated rings. The lowest BCUT2D eigenvalue weighted by atomic mass is 10.0. The third kappa shape index (κ3) is 13.0. The van der Waals surface area contributed by atoms with Crippen molar-refractivity contribution in [1.82, 2.24) is 0 Å². The highest BCUT2D eigenvalue weighted by Crippen LogP contribution is 2.26. The third-order valence-electron chi connectivity index (χ3n) is 6.06. The summed E-state index contributed by atoms with van der Waals surface area (Å²) in [5.41, 5.74) is 7.15. The van der Waals surface area contributed by atoms with Crippen LogP contribution in [0, 0.1) is 0 Å². The maximum atomic E-state index is 11.3. The van der Waals surface area contributed by atoms with Crippen molar-refractivity contribution in [3.8, 4) is 0 Å². The predicted molar refractivity (Wildman–Crippen MR) is 133 cm³/mol. The van der Waals surface area contributed by atoms with Crippen molar-refractivity contribution in [3.05, 3.63) is 18.2 Å². The standard InChI is InChI=1S/C25H46N2O3S/c1-3-4-5-6-7-8-9-10-11-12-13-14-15-16-17-18-21-27(2)25-22-23(31(28,29)30)19-20-24(25)26/h19-20,22H,3-18,21,26H2,1-2H3,(H,28,29,30). The first kappa shape index (κ1) is 27.8. The van der Waals surface area contributed by atoms with Crippen LogP contribution in [0.25, 0.3) is 0 Å². The molecule has 0 radical (unpaired) electrons. The lowest BCUT2D eigenvalue weighted by molar-refractivity contribution is 0.483. The monoisotopic (exact) mass is 454 g/mol. The topological polar surface area (TPSA) is 83.6 Å². The molecule has 0 heterocycles. The van der Waals surface area contributed by atoms with Gasteiger partial charge < -0.3 is 10.6 Å². The highest BCUT2D eigenvalue weighted by molar-refractivity contribution is 7.85. The van der Waals surface area contributed by atoms with Gasteiger partial charge in [-0.2, -0.15) is 8.42 Å². The van der Waals surface area contributed by atoms with Crippen LogP contribution < -0.4 is 10.6 Å². The first-order valence-electron chi connectivity index (χ1n) is 12.4. The van der Waals surface area contributed by atoms with Gasteiger partial charge in [-0.3, -0.25) is 4.55 Å². The molecule has 1 aromatic carbocycles. The van der Waals surface area contributed by atoms with Crippen LogP contribution in [0.1, 0.15) is 110 Å². The molecule has 0 saturated carbocycles. The molecule has 1 rings (SSSR count). The largest absolute Gasteiger partial charge is 0.397 e. The molecule has 3 N–H and O–H groups in total. The van der Waals surface area contributed by atoms with Crippen LogP contribution in [-0.4, -0.2) is 26.6 Å². The number of nitrogens with two attached hydrogens (primary N) is 1. The molecule has 6 heteroatoms. The van der Waals surface area contributed by atoms with Gasteiger partial charge in [0.1, 0.15) is 0 Å². The summed E-state index contributed by atoms with van der Waals surface area (Å²) in [5, 5.41) is 0. The number of nitrogens with zero attached hydrogens (tertiary/aromatic N) is 1. The normalized spacial score (nSPS) is 11.7. The van der Waals surface area contributed by atoms with Crippen molar-refractivity contribution >= 4 is 21.5 Å². The summed E-state index contributed by atoms with van der Waals surface area (Å²) in [6.07, 6.45) is 21.4. The van der Waals surface area contributed by atoms with E-state index < -0.39 is 10.1 Å². The molecule has 0 amide bonds. The minimum Gasteiger partial charge on any atom is -0.397 e. The first-order chi connectivity index (χ1) is 14.9. The molecule has 0 unspecified atom stereocenters. The summed E-state index contributed by atoms with van der Waals surface area (Å²) < 4.78 is 31.9. The van der Waals surface area contributed by atoms with Gasteiger partial charge in [0.15, 0.2) is 0 Å². The average Bonchev–Trinajstić information content (AvgIpc) is 2.72. The molecular weight excluding hydrogens is 408 g/mol. The van der Waals surface area contributed by atoms with Crippen LogP contribution in [0.3, 0.4) is 0 Å². The molecule has 0 aromatic heterocycles. The van der Waals surface area contributed by atoms with Gasteiger partial charge in [0.2, 0.25) is 0 Å². The minimum absolute atomic E-state index is 0.115. The zero-order valence-corrected chi connectivity index (χ0v) is 20.8. The highest BCUT2D eigenvalue weighted by atomic mass is 32.2. The van der Waals surface area contributed by atoms with E-state index in [2.05, 4.69) is 6.92 Å². The highest BCUT2D eigenvalue weighted by Gasteiger charge is 2.13. The molecule has 0 aliphatic carbocycles. The summed E-state index contributed by atoms with van der Waals surface area (Å²) in [6.45, 7) is 3.09. The number of rotatable bonds is 19. The summed E-state index contributed by atoms with van der Waals surface area (Å²) in [6, 6.07) is 4.30. The Morgan fingerprint density at radius 2 is 1.19 bits per heavy atom. The molecule has 0 saturated heterocycles. The minimum atomic E-state index is -4.21. The fourth-order valence-electron chi connectivity index (χ4n) is 4.03. The molecule has 180 valence electrons. The van der Waals surface area contributed by atoms with E-state index >= 15 is 0 Å². The fraction of sp³-hybridized carbons (Fsp3) is 0.760. The summed E-state index contributed by atoms with van der Waals surface area (Å²) in [7, 11) is -2.30. The Bertz CT molecular complexity index is 692. The first-order valence-corrected chi connectivity index (χ1v) is 13.9. The molecule has 5 nitrogen and oxygen atoms in total. The van der Waals surface area contributed by atoms with Gasteiger partial charge in [0, 0.05) is 13.6 Å². The van der Waals surface area contributed by atoms with Crippen LogP contribution in [0.2, 0.25) is 0 Å². The lowest BCUT2D eigenvalue weighted by Gasteiger charge is -2.21. The quantitative estimate of drug-likeness (QED) is 0.131. The van der Waals surface area contributed by atoms with E-state index in [1.165, 1.54) is 115 Å². The van der Waals surface area contributed by atoms with Crippen molar-refractivity contribution < 1.29 is 13.0 Å². The van der Waals surface area contributed by atoms with Crippen LogP contribution >= 0.6 is 0 Å². The van der Waals surface area contributed by atoms with Gasteiger partial charge in [-0.15, -0.1) is 0 Å². The number of anilines is 2. The fourth-order valence-corrected chi connectivity index (χ4v) is 4.53. The van der Waals surface area contributed by atoms with E-state index in [0.29, 0.717) is 11.4 Å². The third-order valence-corrected chi connectivity index (χ3v) is 6.91. The maximum Gasteiger partial charge on any atom is 0.294 e. The zero-order valence-electron chi connectivity index (χ0n) is 19.9. The summed E-state index contributed by atoms with van der Waals surface area (Å²) in [4.78, 5) is 1.85. The van der Waals surface area contributed by atoms with Gasteiger partial charge in [-0.25, -0.2) is 0 Å². The Kier molecular flexibility index (Phi) is 14.7. The molecule has 0 aliphatic rings. The Morgan fingerprint density at radius 1 is 0.774 bits per heavy atom. The Balaban J connectivity index is 2.01. The number of unbranched alkanes of at least 4 members (excludes halogenated alkanes) is 15. The smallest absolute Gasteiger partial charge is 0.294 e. The van der Waals surface area contributed by atoms with Crippen LogP contribution in [0.15, 0.2) is 23.1 Å². The Morgan fingerprint density at radius 3 is 1.61 bits per heavy atom. The van der Waals surface area contributed by atoms with Crippen molar-refractivity contribution in [3.63, 3.8) is 0 Å². The van der Waals surface area contributed by atoms with Gasteiger partial charge in [-0.05, 0) is 24.6 Å². The van der Waals surface area contributed by atoms with E-state index in [1.807, 2.05) is 11.9 Å². The predicted octanol–water partition coefficient (Wildman–Crippen LogP) is 7.21. The summed E-state index contributed by atoms with van der Waals surface area (Å²) in [5.74, 6) is 0. The van der Waals surface area contributed by atoms with E-state index in [0.717, 1.165) is 13.0 Å². The number of benzene rings is 1. The van der Waals surface area contributed by atoms with Gasteiger partial charge >= 0.3 is 0 Å². The number of nitrogen functional groups attached to an aromatic ring is 1. The number of hydrogen-bond acceptors (Lipinski definition) is 4. The van der Waals surface area contributed by atoms with Crippen molar-refractivity contribution in [2.24, 2.45) is 0 Å². The zero-order chi connectivity index (χ0) is 23.0. The Hall–Kier alpha value is -1.27. The second kappa shape index (κ2) is 16.4. The molecule has 0 bridgehead atoms. The lowest BCUT2D eigenvalue weighted by Crippen LogP contribution is -2.20. The average molecular weight is 455 g/mol. The van der Waals surface area contributed by atoms with E-state index in [1.54, 1.807) is 0 Å². The van der Waals surface area contributed by atoms with Gasteiger partial charge in [0.05, 0.1) is 16.3 Å². The van der Waals surface area contributed by atoms with E-state index in [4.69, 9.17) is 5.73 Å². The van der Waals surface area contributed by atoms with Gasteiger partial charge in [-0.1, -0.05) is 103 Å². The Labute approximate surface area is 191 Å². The van der Waals surface area contributed by atoms with Crippen LogP contribution in [-0.2, 0) is 10.1 Å². The van der Waals surface area contributed by atoms with E-state index in [-0.39, 0.29) is 4.90 Å². The molecule has 1 aromatic rings. The van der Waals surface area contributed by atoms with Gasteiger partial charge in [0.25, 0.3) is 10.1 Å². The SMILES string of the molecule is CCCCCCCCCCCCCCCCCCN(C)c1cc(S(=O)(=O)O)ccc1N. The molecule has 31 heavy (non-hydrogen) atoms. The van der Waals surface area contributed by atoms with Crippen molar-refractivity contribution in [1.29, 1.82) is 0 Å². The molecule has 0 spiro atoms. The second-order valence-corrected chi connectivity index (χ2v) is 10.3. The van der Waals surface area contributed by atoms with E-state index in [9.17, 15) is 13.0 Å². The van der Waals surface area contributed by atoms with Crippen LogP contribution in [0.5, 0.6) is 0 Å². The summed E-state index contributed by atoms with van der Waals surface area (Å²) >= 11 is 0. The second-order valence-electron chi connectivity index (χ2n) is 8.92. The molecule has 0 aliphatic heterocycles. The maximum absolute atomic E-state index is 11.3. The van der Waals surface area contributed by atoms with Crippen molar-refractivity contribution in [2.45, 2.75) is 115 Å². The van der Waals surface area contributed by atoms with Crippen molar-refractivity contribution in [2.75, 3.05) is 24.2 Å². The number of hydrogen-bond donors (Lipinski definition) is 2. The molecular formula is C25H46N2O3S. The molecule has 0 atom stereocenters.